The van der Waals surface area contributed by atoms with Gasteiger partial charge in [0, 0.05) is 19.5 Å². The van der Waals surface area contributed by atoms with E-state index in [2.05, 4.69) is 44.9 Å². The number of carbonyl (C=O) groups excluding carboxylic acids is 1. The largest absolute Gasteiger partial charge is 0.462 e. The highest BCUT2D eigenvalue weighted by molar-refractivity contribution is 7.13. The molecule has 156 valence electrons. The number of hydrogen-bond donors (Lipinski definition) is 2. The number of nitrogens with zero attached hydrogens (tertiary/aromatic N) is 2. The standard InChI is InChI=1S/C22H30N4O2S/c1-5-28-21(27)19-14(2)25-20(29-19)15(3)26-22(23-4)24-13-17-11-8-10-16-9-6-7-12-18(16)17/h6-7,9,12,15,17H,5,8,10-11,13H2,1-4H3,(H2,23,24,26). The molecule has 0 amide bonds. The first-order chi connectivity index (χ1) is 14.0. The maximum Gasteiger partial charge on any atom is 0.350 e. The summed E-state index contributed by atoms with van der Waals surface area (Å²) in [5.41, 5.74) is 3.62. The molecule has 2 aromatic rings. The van der Waals surface area contributed by atoms with E-state index in [0.29, 0.717) is 23.1 Å². The van der Waals surface area contributed by atoms with E-state index in [-0.39, 0.29) is 12.0 Å². The summed E-state index contributed by atoms with van der Waals surface area (Å²) in [5, 5.41) is 7.71. The van der Waals surface area contributed by atoms with Gasteiger partial charge in [0.2, 0.25) is 0 Å². The zero-order chi connectivity index (χ0) is 20.8. The minimum atomic E-state index is -0.306. The summed E-state index contributed by atoms with van der Waals surface area (Å²) >= 11 is 1.37. The first-order valence-corrected chi connectivity index (χ1v) is 11.0. The average Bonchev–Trinajstić information content (AvgIpc) is 3.13. The Morgan fingerprint density at radius 2 is 2.21 bits per heavy atom. The van der Waals surface area contributed by atoms with Crippen LogP contribution in [0.3, 0.4) is 0 Å². The van der Waals surface area contributed by atoms with E-state index in [9.17, 15) is 4.79 Å². The van der Waals surface area contributed by atoms with Crippen molar-refractivity contribution >= 4 is 23.3 Å². The van der Waals surface area contributed by atoms with Crippen molar-refractivity contribution in [3.63, 3.8) is 0 Å². The lowest BCUT2D eigenvalue weighted by atomic mass is 9.83. The molecule has 7 heteroatoms. The van der Waals surface area contributed by atoms with Crippen LogP contribution in [0, 0.1) is 6.92 Å². The number of rotatable bonds is 6. The second-order valence-electron chi connectivity index (χ2n) is 7.29. The zero-order valence-corrected chi connectivity index (χ0v) is 18.4. The lowest BCUT2D eigenvalue weighted by Gasteiger charge is -2.26. The summed E-state index contributed by atoms with van der Waals surface area (Å²) in [6, 6.07) is 8.67. The van der Waals surface area contributed by atoms with Gasteiger partial charge in [0.25, 0.3) is 0 Å². The van der Waals surface area contributed by atoms with Crippen molar-refractivity contribution in [3.05, 3.63) is 51.0 Å². The number of thiazole rings is 1. The van der Waals surface area contributed by atoms with Crippen LogP contribution in [0.1, 0.15) is 70.1 Å². The van der Waals surface area contributed by atoms with E-state index < -0.39 is 0 Å². The Kier molecular flexibility index (Phi) is 7.25. The third-order valence-corrected chi connectivity index (χ3v) is 6.55. The molecule has 29 heavy (non-hydrogen) atoms. The number of carbonyl (C=O) groups is 1. The van der Waals surface area contributed by atoms with E-state index in [0.717, 1.165) is 17.5 Å². The molecule has 1 aromatic carbocycles. The molecule has 1 aliphatic rings. The Morgan fingerprint density at radius 3 is 2.97 bits per heavy atom. The van der Waals surface area contributed by atoms with Gasteiger partial charge in [-0.3, -0.25) is 4.99 Å². The third kappa shape index (κ3) is 5.15. The van der Waals surface area contributed by atoms with Crippen LogP contribution in [0.25, 0.3) is 0 Å². The molecule has 0 spiro atoms. The summed E-state index contributed by atoms with van der Waals surface area (Å²) in [6.45, 7) is 6.87. The molecule has 2 N–H and O–H groups in total. The predicted molar refractivity (Wildman–Crippen MR) is 118 cm³/mol. The summed E-state index contributed by atoms with van der Waals surface area (Å²) in [7, 11) is 1.77. The quantitative estimate of drug-likeness (QED) is 0.425. The van der Waals surface area contributed by atoms with Crippen LogP contribution in [-0.4, -0.2) is 37.1 Å². The molecule has 0 fully saturated rings. The molecule has 1 aromatic heterocycles. The number of benzene rings is 1. The zero-order valence-electron chi connectivity index (χ0n) is 17.6. The SMILES string of the molecule is CCOC(=O)c1sc(C(C)NC(=NC)NCC2CCCc3ccccc32)nc1C. The molecule has 0 radical (unpaired) electrons. The number of esters is 1. The van der Waals surface area contributed by atoms with Crippen molar-refractivity contribution in [2.24, 2.45) is 4.99 Å². The van der Waals surface area contributed by atoms with Crippen LogP contribution in [0.5, 0.6) is 0 Å². The molecule has 0 saturated carbocycles. The molecule has 2 atom stereocenters. The molecular formula is C22H30N4O2S. The summed E-state index contributed by atoms with van der Waals surface area (Å²) in [4.78, 5) is 21.5. The van der Waals surface area contributed by atoms with Crippen LogP contribution in [0.15, 0.2) is 29.3 Å². The topological polar surface area (TPSA) is 75.6 Å². The lowest BCUT2D eigenvalue weighted by Crippen LogP contribution is -2.40. The maximum atomic E-state index is 12.0. The summed E-state index contributed by atoms with van der Waals surface area (Å²) in [6.07, 6.45) is 3.58. The first kappa shape index (κ1) is 21.3. The van der Waals surface area contributed by atoms with Gasteiger partial charge in [-0.25, -0.2) is 9.78 Å². The van der Waals surface area contributed by atoms with Crippen molar-refractivity contribution < 1.29 is 9.53 Å². The Bertz CT molecular complexity index is 877. The van der Waals surface area contributed by atoms with Crippen molar-refractivity contribution in [1.82, 2.24) is 15.6 Å². The van der Waals surface area contributed by atoms with Gasteiger partial charge in [0.05, 0.1) is 18.3 Å². The smallest absolute Gasteiger partial charge is 0.350 e. The molecule has 0 saturated heterocycles. The number of hydrogen-bond acceptors (Lipinski definition) is 5. The van der Waals surface area contributed by atoms with E-state index >= 15 is 0 Å². The predicted octanol–water partition coefficient (Wildman–Crippen LogP) is 3.97. The van der Waals surface area contributed by atoms with Crippen LogP contribution < -0.4 is 10.6 Å². The molecule has 0 bridgehead atoms. The third-order valence-electron chi connectivity index (χ3n) is 5.23. The second-order valence-corrected chi connectivity index (χ2v) is 8.32. The highest BCUT2D eigenvalue weighted by Gasteiger charge is 2.22. The van der Waals surface area contributed by atoms with E-state index in [1.807, 2.05) is 13.8 Å². The van der Waals surface area contributed by atoms with Crippen LogP contribution in [0.2, 0.25) is 0 Å². The highest BCUT2D eigenvalue weighted by Crippen LogP contribution is 2.31. The second kappa shape index (κ2) is 9.87. The lowest BCUT2D eigenvalue weighted by molar-refractivity contribution is 0.0531. The molecular weight excluding hydrogens is 384 g/mol. The van der Waals surface area contributed by atoms with Crippen molar-refractivity contribution in [2.75, 3.05) is 20.2 Å². The number of guanidine groups is 1. The Balaban J connectivity index is 1.61. The van der Waals surface area contributed by atoms with Crippen molar-refractivity contribution in [2.45, 2.75) is 52.0 Å². The minimum absolute atomic E-state index is 0.0632. The Morgan fingerprint density at radius 1 is 1.41 bits per heavy atom. The maximum absolute atomic E-state index is 12.0. The van der Waals surface area contributed by atoms with Gasteiger partial charge in [-0.05, 0) is 51.2 Å². The van der Waals surface area contributed by atoms with E-state index in [1.54, 1.807) is 14.0 Å². The highest BCUT2D eigenvalue weighted by atomic mass is 32.1. The van der Waals surface area contributed by atoms with Crippen LogP contribution in [0.4, 0.5) is 0 Å². The van der Waals surface area contributed by atoms with Gasteiger partial charge in [0.15, 0.2) is 5.96 Å². The number of ether oxygens (including phenoxy) is 1. The number of nitrogens with one attached hydrogen (secondary N) is 2. The number of aryl methyl sites for hydroxylation is 2. The summed E-state index contributed by atoms with van der Waals surface area (Å²) in [5.74, 6) is 0.928. The fourth-order valence-corrected chi connectivity index (χ4v) is 4.70. The Labute approximate surface area is 176 Å². The molecule has 1 aliphatic carbocycles. The van der Waals surface area contributed by atoms with Gasteiger partial charge in [-0.15, -0.1) is 11.3 Å². The fourth-order valence-electron chi connectivity index (χ4n) is 3.74. The van der Waals surface area contributed by atoms with Gasteiger partial charge < -0.3 is 15.4 Å². The van der Waals surface area contributed by atoms with Gasteiger partial charge >= 0.3 is 5.97 Å². The van der Waals surface area contributed by atoms with Gasteiger partial charge in [-0.2, -0.15) is 0 Å². The number of fused-ring (bicyclic) bond motifs is 1. The molecule has 1 heterocycles. The van der Waals surface area contributed by atoms with Gasteiger partial charge in [0.1, 0.15) is 9.88 Å². The van der Waals surface area contributed by atoms with Gasteiger partial charge in [-0.1, -0.05) is 24.3 Å². The van der Waals surface area contributed by atoms with Crippen molar-refractivity contribution in [1.29, 1.82) is 0 Å². The van der Waals surface area contributed by atoms with Crippen molar-refractivity contribution in [3.8, 4) is 0 Å². The van der Waals surface area contributed by atoms with Crippen LogP contribution in [-0.2, 0) is 11.2 Å². The number of aliphatic imine (C=N–C) groups is 1. The minimum Gasteiger partial charge on any atom is -0.462 e. The monoisotopic (exact) mass is 414 g/mol. The molecule has 0 aliphatic heterocycles. The van der Waals surface area contributed by atoms with E-state index in [4.69, 9.17) is 4.74 Å². The average molecular weight is 415 g/mol. The normalized spacial score (nSPS) is 17.4. The molecule has 3 rings (SSSR count). The first-order valence-electron chi connectivity index (χ1n) is 10.2. The number of aromatic nitrogens is 1. The molecule has 2 unspecified atom stereocenters. The van der Waals surface area contributed by atoms with E-state index in [1.165, 1.54) is 41.7 Å². The fraction of sp³-hybridized carbons (Fsp3) is 0.500. The van der Waals surface area contributed by atoms with Crippen LogP contribution >= 0.6 is 11.3 Å². The Hall–Kier alpha value is -2.41. The molecule has 6 nitrogen and oxygen atoms in total. The summed E-state index contributed by atoms with van der Waals surface area (Å²) < 4.78 is 5.11.